The molecule has 0 saturated heterocycles. The van der Waals surface area contributed by atoms with Gasteiger partial charge in [-0.25, -0.2) is 0 Å². The maximum Gasteiger partial charge on any atom is 0.193 e. The van der Waals surface area contributed by atoms with Gasteiger partial charge in [-0.3, -0.25) is 4.79 Å². The lowest BCUT2D eigenvalue weighted by Crippen LogP contribution is -2.37. The number of hydrogen-bond donors (Lipinski definition) is 0. The molecule has 1 aliphatic rings. The molecule has 0 atom stereocenters. The number of hydrogen-bond acceptors (Lipinski definition) is 3. The molecule has 90 heavy (non-hydrogen) atoms. The molecule has 0 radical (unpaired) electrons. The van der Waals surface area contributed by atoms with Gasteiger partial charge in [0, 0.05) is 32.7 Å². The normalized spacial score (nSPS) is 11.7. The third kappa shape index (κ3) is 12.3. The van der Waals surface area contributed by atoms with E-state index in [-0.39, 0.29) is 5.78 Å². The Balaban J connectivity index is 0.000000137. The fourth-order valence-corrected chi connectivity index (χ4v) is 12.7. The molecule has 0 fully saturated rings. The molecule has 3 nitrogen and oxygen atoms in total. The van der Waals surface area contributed by atoms with E-state index in [9.17, 15) is 4.79 Å². The van der Waals surface area contributed by atoms with Crippen LogP contribution in [-0.2, 0) is 5.41 Å². The van der Waals surface area contributed by atoms with Crippen molar-refractivity contribution in [3.05, 3.63) is 420 Å². The molecule has 0 saturated carbocycles. The van der Waals surface area contributed by atoms with Crippen molar-refractivity contribution in [2.24, 2.45) is 0 Å². The summed E-state index contributed by atoms with van der Waals surface area (Å²) in [5, 5.41) is 0. The Kier molecular flexibility index (Phi) is 17.5. The van der Waals surface area contributed by atoms with Crippen LogP contribution in [0.15, 0.2) is 387 Å². The van der Waals surface area contributed by atoms with E-state index in [4.69, 9.17) is 0 Å². The molecular formula is C86H63BrN2O. The van der Waals surface area contributed by atoms with Gasteiger partial charge in [0.25, 0.3) is 0 Å². The Morgan fingerprint density at radius 3 is 0.911 bits per heavy atom. The van der Waals surface area contributed by atoms with Crippen molar-refractivity contribution < 1.29 is 4.79 Å². The van der Waals surface area contributed by atoms with Crippen LogP contribution in [0, 0.1) is 0 Å². The largest absolute Gasteiger partial charge is 0.310 e. The monoisotopic (exact) mass is 1220 g/mol. The van der Waals surface area contributed by atoms with E-state index in [1.165, 1.54) is 55.9 Å². The van der Waals surface area contributed by atoms with Gasteiger partial charge in [0.1, 0.15) is 0 Å². The first-order valence-corrected chi connectivity index (χ1v) is 31.2. The van der Waals surface area contributed by atoms with E-state index < -0.39 is 5.41 Å². The molecule has 0 N–H and O–H groups in total. The van der Waals surface area contributed by atoms with Crippen LogP contribution >= 0.6 is 15.9 Å². The Labute approximate surface area is 536 Å². The zero-order chi connectivity index (χ0) is 60.9. The minimum absolute atomic E-state index is 0.0456. The van der Waals surface area contributed by atoms with Crippen LogP contribution in [0.25, 0.3) is 44.5 Å². The van der Waals surface area contributed by atoms with Gasteiger partial charge in [0.2, 0.25) is 0 Å². The van der Waals surface area contributed by atoms with E-state index >= 15 is 0 Å². The Bertz CT molecular complexity index is 4350. The van der Waals surface area contributed by atoms with Crippen molar-refractivity contribution in [3.63, 3.8) is 0 Å². The number of ketones is 1. The molecule has 0 bridgehead atoms. The van der Waals surface area contributed by atoms with Crippen LogP contribution < -0.4 is 9.80 Å². The maximum atomic E-state index is 12.7. The van der Waals surface area contributed by atoms with Crippen molar-refractivity contribution >= 4 is 55.8 Å². The quantitative estimate of drug-likeness (QED) is 0.114. The number of benzene rings is 14. The summed E-state index contributed by atoms with van der Waals surface area (Å²) >= 11 is 3.65. The van der Waals surface area contributed by atoms with Gasteiger partial charge in [-0.1, -0.05) is 322 Å². The summed E-state index contributed by atoms with van der Waals surface area (Å²) in [5.41, 5.74) is 22.3. The van der Waals surface area contributed by atoms with Crippen LogP contribution in [0.1, 0.15) is 38.2 Å². The van der Waals surface area contributed by atoms with Crippen molar-refractivity contribution in [1.82, 2.24) is 0 Å². The molecule has 0 unspecified atom stereocenters. The predicted octanol–water partition coefficient (Wildman–Crippen LogP) is 23.4. The van der Waals surface area contributed by atoms with Gasteiger partial charge in [-0.2, -0.15) is 0 Å². The third-order valence-corrected chi connectivity index (χ3v) is 17.3. The van der Waals surface area contributed by atoms with Crippen molar-refractivity contribution in [2.45, 2.75) is 5.41 Å². The minimum atomic E-state index is -0.525. The van der Waals surface area contributed by atoms with E-state index in [1.54, 1.807) is 0 Å². The van der Waals surface area contributed by atoms with E-state index in [0.29, 0.717) is 11.1 Å². The van der Waals surface area contributed by atoms with Crippen molar-refractivity contribution in [3.8, 4) is 44.5 Å². The number of nitrogens with zero attached hydrogens (tertiary/aromatic N) is 2. The Hall–Kier alpha value is -11.2. The summed E-state index contributed by atoms with van der Waals surface area (Å²) in [6, 6.07) is 133. The van der Waals surface area contributed by atoms with Crippen LogP contribution in [0.5, 0.6) is 0 Å². The number of anilines is 6. The second-order valence-electron chi connectivity index (χ2n) is 22.0. The van der Waals surface area contributed by atoms with Crippen LogP contribution in [-0.4, -0.2) is 5.78 Å². The molecule has 0 aromatic heterocycles. The zero-order valence-corrected chi connectivity index (χ0v) is 51.1. The van der Waals surface area contributed by atoms with Gasteiger partial charge in [0.15, 0.2) is 5.78 Å². The first kappa shape index (κ1) is 57.9. The summed E-state index contributed by atoms with van der Waals surface area (Å²) in [6.07, 6.45) is 0. The molecule has 0 amide bonds. The highest BCUT2D eigenvalue weighted by atomic mass is 79.9. The van der Waals surface area contributed by atoms with Crippen LogP contribution in [0.3, 0.4) is 0 Å². The van der Waals surface area contributed by atoms with Crippen LogP contribution in [0.2, 0.25) is 0 Å². The lowest BCUT2D eigenvalue weighted by atomic mass is 9.62. The summed E-state index contributed by atoms with van der Waals surface area (Å²) < 4.78 is 1.08. The molecule has 1 aliphatic heterocycles. The second-order valence-corrected chi connectivity index (χ2v) is 22.9. The molecule has 4 heteroatoms. The number of fused-ring (bicyclic) bond motifs is 2. The number of halogens is 1. The van der Waals surface area contributed by atoms with E-state index in [1.807, 2.05) is 103 Å². The third-order valence-electron chi connectivity index (χ3n) is 16.6. The van der Waals surface area contributed by atoms with Gasteiger partial charge in [0.05, 0.1) is 22.5 Å². The lowest BCUT2D eigenvalue weighted by Gasteiger charge is -2.46. The fraction of sp³-hybridized carbons (Fsp3) is 0.0116. The number of para-hydroxylation sites is 6. The standard InChI is InChI=1S/C43H31N.C25H18O.C18H14BrN/c1-4-14-32(15-5-1)34-24-28-36(29-25-34)43(37-30-26-35(27-31-37)33-16-6-2-7-17-33)39-20-10-12-22-41(39)44(38-18-8-3-9-19-38)42-23-13-11-21-40(42)43;26-25(23-15-11-21(12-16-23)19-7-3-1-4-8-19)24-17-13-22(14-18-24)20-9-5-2-6-10-20;19-17-13-7-8-14-18(17)20(15-9-3-1-4-10-15)16-11-5-2-6-12-16/h1-31H;1-18H;1-14H. The van der Waals surface area contributed by atoms with Crippen molar-refractivity contribution in [2.75, 3.05) is 9.80 Å². The SMILES string of the molecule is Brc1ccccc1N(c1ccccc1)c1ccccc1.O=C(c1ccc(-c2ccccc2)cc1)c1ccc(-c2ccccc2)cc1.c1ccc(-c2ccc(C3(c4ccc(-c5ccccc5)cc4)c4ccccc4N(c4ccccc4)c4ccccc43)cc2)cc1. The molecular weight excluding hydrogens is 1160 g/mol. The molecule has 430 valence electrons. The summed E-state index contributed by atoms with van der Waals surface area (Å²) in [6.45, 7) is 0. The zero-order valence-electron chi connectivity index (χ0n) is 49.6. The average Bonchev–Trinajstić information content (AvgIpc) is 0.724. The number of carbonyl (C=O) groups is 1. The highest BCUT2D eigenvalue weighted by Crippen LogP contribution is 2.58. The first-order valence-electron chi connectivity index (χ1n) is 30.4. The Morgan fingerprint density at radius 2 is 0.556 bits per heavy atom. The molecule has 15 rings (SSSR count). The highest BCUT2D eigenvalue weighted by molar-refractivity contribution is 9.10. The van der Waals surface area contributed by atoms with E-state index in [0.717, 1.165) is 49.5 Å². The van der Waals surface area contributed by atoms with Crippen LogP contribution in [0.4, 0.5) is 34.1 Å². The first-order chi connectivity index (χ1) is 44.5. The Morgan fingerprint density at radius 1 is 0.278 bits per heavy atom. The molecule has 0 spiro atoms. The minimum Gasteiger partial charge on any atom is -0.310 e. The second kappa shape index (κ2) is 27.3. The van der Waals surface area contributed by atoms with Gasteiger partial charge < -0.3 is 9.80 Å². The van der Waals surface area contributed by atoms with Crippen molar-refractivity contribution in [1.29, 1.82) is 0 Å². The molecule has 14 aromatic rings. The number of rotatable bonds is 12. The van der Waals surface area contributed by atoms with E-state index in [2.05, 4.69) is 305 Å². The van der Waals surface area contributed by atoms with Gasteiger partial charge in [-0.15, -0.1) is 0 Å². The molecule has 14 aromatic carbocycles. The highest BCUT2D eigenvalue weighted by Gasteiger charge is 2.46. The van der Waals surface area contributed by atoms with Gasteiger partial charge >= 0.3 is 0 Å². The smallest absolute Gasteiger partial charge is 0.193 e. The van der Waals surface area contributed by atoms with Gasteiger partial charge in [-0.05, 0) is 143 Å². The summed E-state index contributed by atoms with van der Waals surface area (Å²) in [4.78, 5) is 17.4. The maximum absolute atomic E-state index is 12.7. The topological polar surface area (TPSA) is 23.6 Å². The lowest BCUT2D eigenvalue weighted by molar-refractivity contribution is 0.103. The fourth-order valence-electron chi connectivity index (χ4n) is 12.2. The molecule has 1 heterocycles. The summed E-state index contributed by atoms with van der Waals surface area (Å²) in [7, 11) is 0. The average molecular weight is 1220 g/mol. The number of carbonyl (C=O) groups excluding carboxylic acids is 1. The predicted molar refractivity (Wildman–Crippen MR) is 380 cm³/mol. The molecule has 0 aliphatic carbocycles. The summed E-state index contributed by atoms with van der Waals surface area (Å²) in [5.74, 6) is 0.0456.